The lowest BCUT2D eigenvalue weighted by Crippen LogP contribution is -2.19. The summed E-state index contributed by atoms with van der Waals surface area (Å²) in [5, 5.41) is 0. The first-order chi connectivity index (χ1) is 6.36. The Morgan fingerprint density at radius 3 is 2.69 bits per heavy atom. The van der Waals surface area contributed by atoms with Gasteiger partial charge in [-0.3, -0.25) is 0 Å². The quantitative estimate of drug-likeness (QED) is 0.630. The van der Waals surface area contributed by atoms with Gasteiger partial charge in [0.15, 0.2) is 6.29 Å². The van der Waals surface area contributed by atoms with Gasteiger partial charge in [-0.25, -0.2) is 0 Å². The largest absolute Gasteiger partial charge is 0.467 e. The number of rotatable bonds is 6. The first-order valence-electron chi connectivity index (χ1n) is 4.02. The molecule has 13 heavy (non-hydrogen) atoms. The van der Waals surface area contributed by atoms with E-state index in [2.05, 4.69) is 0 Å². The first kappa shape index (κ1) is 10.2. The Balaban J connectivity index is 2.13. The van der Waals surface area contributed by atoms with E-state index in [1.54, 1.807) is 20.5 Å². The fourth-order valence-corrected chi connectivity index (χ4v) is 0.883. The lowest BCUT2D eigenvalue weighted by molar-refractivity contribution is -0.143. The Kier molecular flexibility index (Phi) is 4.53. The van der Waals surface area contributed by atoms with Crippen molar-refractivity contribution in [1.82, 2.24) is 0 Å². The molecule has 0 saturated heterocycles. The number of hydrogen-bond donors (Lipinski definition) is 0. The Morgan fingerprint density at radius 2 is 2.15 bits per heavy atom. The zero-order valence-electron chi connectivity index (χ0n) is 7.86. The second-order valence-corrected chi connectivity index (χ2v) is 2.50. The van der Waals surface area contributed by atoms with Gasteiger partial charge >= 0.3 is 0 Å². The number of furan rings is 1. The van der Waals surface area contributed by atoms with E-state index in [1.165, 1.54) is 0 Å². The molecule has 0 atom stereocenters. The van der Waals surface area contributed by atoms with Crippen molar-refractivity contribution in [3.63, 3.8) is 0 Å². The molecule has 0 fully saturated rings. The number of methoxy groups -OCH3 is 2. The molecule has 0 N–H and O–H groups in total. The Labute approximate surface area is 77.4 Å². The van der Waals surface area contributed by atoms with Crippen LogP contribution in [0.4, 0.5) is 0 Å². The smallest absolute Gasteiger partial charge is 0.180 e. The van der Waals surface area contributed by atoms with Crippen molar-refractivity contribution in [3.8, 4) is 0 Å². The zero-order chi connectivity index (χ0) is 9.52. The minimum Gasteiger partial charge on any atom is -0.467 e. The van der Waals surface area contributed by atoms with Gasteiger partial charge in [-0.2, -0.15) is 0 Å². The van der Waals surface area contributed by atoms with Crippen molar-refractivity contribution in [3.05, 3.63) is 24.2 Å². The van der Waals surface area contributed by atoms with Crippen LogP contribution in [-0.4, -0.2) is 27.1 Å². The van der Waals surface area contributed by atoms with E-state index < -0.39 is 0 Å². The Bertz CT molecular complexity index is 203. The van der Waals surface area contributed by atoms with Crippen LogP contribution in [0.2, 0.25) is 0 Å². The van der Waals surface area contributed by atoms with E-state index in [9.17, 15) is 0 Å². The molecule has 0 aromatic carbocycles. The highest BCUT2D eigenvalue weighted by molar-refractivity contribution is 4.95. The average Bonchev–Trinajstić information content (AvgIpc) is 2.65. The third-order valence-corrected chi connectivity index (χ3v) is 1.60. The summed E-state index contributed by atoms with van der Waals surface area (Å²) in [5.74, 6) is 0.797. The average molecular weight is 186 g/mol. The van der Waals surface area contributed by atoms with E-state index in [-0.39, 0.29) is 6.29 Å². The lowest BCUT2D eigenvalue weighted by atomic mass is 10.5. The van der Waals surface area contributed by atoms with Crippen LogP contribution in [0.5, 0.6) is 0 Å². The minimum atomic E-state index is -0.310. The van der Waals surface area contributed by atoms with Crippen LogP contribution in [0.3, 0.4) is 0 Å². The number of ether oxygens (including phenoxy) is 3. The summed E-state index contributed by atoms with van der Waals surface area (Å²) in [5.41, 5.74) is 0. The van der Waals surface area contributed by atoms with Gasteiger partial charge in [0.25, 0.3) is 0 Å². The second kappa shape index (κ2) is 5.75. The fraction of sp³-hybridized carbons (Fsp3) is 0.556. The van der Waals surface area contributed by atoms with E-state index >= 15 is 0 Å². The summed E-state index contributed by atoms with van der Waals surface area (Å²) < 4.78 is 20.2. The summed E-state index contributed by atoms with van der Waals surface area (Å²) in [4.78, 5) is 0. The maximum atomic E-state index is 5.28. The molecule has 0 amide bonds. The van der Waals surface area contributed by atoms with E-state index in [0.29, 0.717) is 13.2 Å². The molecule has 1 aromatic rings. The molecule has 4 heteroatoms. The normalized spacial score (nSPS) is 11.0. The molecular formula is C9H14O4. The molecule has 0 bridgehead atoms. The van der Waals surface area contributed by atoms with Crippen LogP contribution in [0.25, 0.3) is 0 Å². The molecule has 0 unspecified atom stereocenters. The molecule has 4 nitrogen and oxygen atoms in total. The van der Waals surface area contributed by atoms with Gasteiger partial charge in [0.2, 0.25) is 0 Å². The molecule has 0 aliphatic heterocycles. The molecular weight excluding hydrogens is 172 g/mol. The number of hydrogen-bond acceptors (Lipinski definition) is 4. The predicted molar refractivity (Wildman–Crippen MR) is 46.2 cm³/mol. The Hall–Kier alpha value is -0.840. The SMILES string of the molecule is COC(COCc1ccco1)OC. The van der Waals surface area contributed by atoms with Gasteiger partial charge in [0.05, 0.1) is 12.9 Å². The van der Waals surface area contributed by atoms with Gasteiger partial charge < -0.3 is 18.6 Å². The summed E-state index contributed by atoms with van der Waals surface area (Å²) in [6.07, 6.45) is 1.30. The van der Waals surface area contributed by atoms with Crippen molar-refractivity contribution in [2.24, 2.45) is 0 Å². The van der Waals surface area contributed by atoms with Crippen molar-refractivity contribution in [1.29, 1.82) is 0 Å². The van der Waals surface area contributed by atoms with Crippen LogP contribution in [0, 0.1) is 0 Å². The highest BCUT2D eigenvalue weighted by Gasteiger charge is 2.04. The lowest BCUT2D eigenvalue weighted by Gasteiger charge is -2.12. The van der Waals surface area contributed by atoms with Gasteiger partial charge in [0.1, 0.15) is 12.4 Å². The summed E-state index contributed by atoms with van der Waals surface area (Å²) >= 11 is 0. The van der Waals surface area contributed by atoms with Gasteiger partial charge in [0, 0.05) is 14.2 Å². The third kappa shape index (κ3) is 3.59. The summed E-state index contributed by atoms with van der Waals surface area (Å²) in [6, 6.07) is 3.68. The standard InChI is InChI=1S/C9H14O4/c1-10-9(11-2)7-12-6-8-4-3-5-13-8/h3-5,9H,6-7H2,1-2H3. The van der Waals surface area contributed by atoms with Crippen LogP contribution in [0.15, 0.2) is 22.8 Å². The van der Waals surface area contributed by atoms with Crippen LogP contribution in [0.1, 0.15) is 5.76 Å². The van der Waals surface area contributed by atoms with Crippen molar-refractivity contribution in [2.45, 2.75) is 12.9 Å². The fourth-order valence-electron chi connectivity index (χ4n) is 0.883. The van der Waals surface area contributed by atoms with E-state index in [4.69, 9.17) is 18.6 Å². The maximum absolute atomic E-state index is 5.28. The first-order valence-corrected chi connectivity index (χ1v) is 4.02. The van der Waals surface area contributed by atoms with Crippen molar-refractivity contribution < 1.29 is 18.6 Å². The van der Waals surface area contributed by atoms with Crippen molar-refractivity contribution >= 4 is 0 Å². The molecule has 74 valence electrons. The van der Waals surface area contributed by atoms with Crippen LogP contribution >= 0.6 is 0 Å². The molecule has 1 aromatic heterocycles. The van der Waals surface area contributed by atoms with Crippen LogP contribution in [-0.2, 0) is 20.8 Å². The predicted octanol–water partition coefficient (Wildman–Crippen LogP) is 1.42. The Morgan fingerprint density at radius 1 is 1.38 bits per heavy atom. The highest BCUT2D eigenvalue weighted by atomic mass is 16.7. The minimum absolute atomic E-state index is 0.310. The summed E-state index contributed by atoms with van der Waals surface area (Å²) in [6.45, 7) is 0.837. The monoisotopic (exact) mass is 186 g/mol. The second-order valence-electron chi connectivity index (χ2n) is 2.50. The van der Waals surface area contributed by atoms with Gasteiger partial charge in [-0.15, -0.1) is 0 Å². The maximum Gasteiger partial charge on any atom is 0.180 e. The molecule has 1 heterocycles. The van der Waals surface area contributed by atoms with Crippen LogP contribution < -0.4 is 0 Å². The van der Waals surface area contributed by atoms with E-state index in [0.717, 1.165) is 5.76 Å². The van der Waals surface area contributed by atoms with Gasteiger partial charge in [-0.1, -0.05) is 0 Å². The molecule has 0 aliphatic carbocycles. The molecule has 0 aliphatic rings. The summed E-state index contributed by atoms with van der Waals surface area (Å²) in [7, 11) is 3.15. The molecule has 1 rings (SSSR count). The zero-order valence-corrected chi connectivity index (χ0v) is 7.86. The topological polar surface area (TPSA) is 40.8 Å². The molecule has 0 radical (unpaired) electrons. The molecule has 0 spiro atoms. The van der Waals surface area contributed by atoms with Crippen molar-refractivity contribution in [2.75, 3.05) is 20.8 Å². The molecule has 0 saturated carbocycles. The van der Waals surface area contributed by atoms with Gasteiger partial charge in [-0.05, 0) is 12.1 Å². The third-order valence-electron chi connectivity index (χ3n) is 1.60. The highest BCUT2D eigenvalue weighted by Crippen LogP contribution is 2.02. The van der Waals surface area contributed by atoms with E-state index in [1.807, 2.05) is 12.1 Å².